The molecule has 92 valence electrons. The van der Waals surface area contributed by atoms with Crippen LogP contribution in [0.15, 0.2) is 0 Å². The third kappa shape index (κ3) is 2.97. The zero-order valence-electron chi connectivity index (χ0n) is 10.4. The predicted octanol–water partition coefficient (Wildman–Crippen LogP) is 2.11. The minimum atomic E-state index is -0.159. The maximum Gasteiger partial charge on any atom is 0.322 e. The molecular weight excluding hydrogens is 202 g/mol. The quantitative estimate of drug-likeness (QED) is 0.745. The Kier molecular flexibility index (Phi) is 3.85. The number of ether oxygens (including phenoxy) is 1. The molecule has 2 aliphatic carbocycles. The highest BCUT2D eigenvalue weighted by Gasteiger charge is 2.35. The fourth-order valence-electron chi connectivity index (χ4n) is 2.97. The number of carbonyl (C=O) groups excluding carboxylic acids is 1. The van der Waals surface area contributed by atoms with Crippen molar-refractivity contribution in [1.29, 1.82) is 0 Å². The van der Waals surface area contributed by atoms with Crippen LogP contribution in [0.3, 0.4) is 0 Å². The number of methoxy groups -OCH3 is 1. The lowest BCUT2D eigenvalue weighted by Gasteiger charge is -2.31. The largest absolute Gasteiger partial charge is 0.468 e. The van der Waals surface area contributed by atoms with Gasteiger partial charge in [-0.2, -0.15) is 0 Å². The van der Waals surface area contributed by atoms with E-state index in [-0.39, 0.29) is 12.0 Å². The van der Waals surface area contributed by atoms with Gasteiger partial charge in [-0.15, -0.1) is 0 Å². The highest BCUT2D eigenvalue weighted by atomic mass is 16.5. The second-order valence-corrected chi connectivity index (χ2v) is 5.37. The molecule has 2 aliphatic rings. The maximum absolute atomic E-state index is 11.3. The van der Waals surface area contributed by atoms with Gasteiger partial charge < -0.3 is 10.1 Å². The first-order valence-electron chi connectivity index (χ1n) is 6.54. The van der Waals surface area contributed by atoms with Gasteiger partial charge in [0.15, 0.2) is 0 Å². The summed E-state index contributed by atoms with van der Waals surface area (Å²) in [6.07, 6.45) is 8.05. The van der Waals surface area contributed by atoms with Gasteiger partial charge in [-0.3, -0.25) is 4.79 Å². The fourth-order valence-corrected chi connectivity index (χ4v) is 2.97. The molecule has 0 saturated heterocycles. The molecule has 1 N–H and O–H groups in total. The Morgan fingerprint density at radius 2 is 2.00 bits per heavy atom. The average molecular weight is 225 g/mol. The number of nitrogens with one attached hydrogen (secondary N) is 1. The highest BCUT2D eigenvalue weighted by molar-refractivity contribution is 5.75. The van der Waals surface area contributed by atoms with Crippen molar-refractivity contribution in [2.75, 3.05) is 7.11 Å². The van der Waals surface area contributed by atoms with Crippen LogP contribution in [0.5, 0.6) is 0 Å². The summed E-state index contributed by atoms with van der Waals surface area (Å²) in [5.74, 6) is 1.77. The molecule has 0 aromatic rings. The molecule has 2 saturated carbocycles. The summed E-state index contributed by atoms with van der Waals surface area (Å²) in [7, 11) is 1.45. The SMILES string of the molecule is COC(=O)[C@H](C)NC1CCCC(C2CC2)C1. The Morgan fingerprint density at radius 1 is 1.25 bits per heavy atom. The van der Waals surface area contributed by atoms with Crippen molar-refractivity contribution in [2.24, 2.45) is 11.8 Å². The molecule has 2 unspecified atom stereocenters. The van der Waals surface area contributed by atoms with Crippen molar-refractivity contribution in [2.45, 2.75) is 57.5 Å². The van der Waals surface area contributed by atoms with E-state index in [9.17, 15) is 4.79 Å². The first-order valence-corrected chi connectivity index (χ1v) is 6.54. The van der Waals surface area contributed by atoms with E-state index in [0.717, 1.165) is 11.8 Å². The van der Waals surface area contributed by atoms with Crippen molar-refractivity contribution in [3.63, 3.8) is 0 Å². The normalized spacial score (nSPS) is 32.1. The average Bonchev–Trinajstić information content (AvgIpc) is 3.12. The maximum atomic E-state index is 11.3. The lowest BCUT2D eigenvalue weighted by Crippen LogP contribution is -2.44. The Bertz CT molecular complexity index is 250. The molecule has 0 amide bonds. The molecule has 0 radical (unpaired) electrons. The molecule has 3 nitrogen and oxygen atoms in total. The third-order valence-corrected chi connectivity index (χ3v) is 4.04. The number of hydrogen-bond donors (Lipinski definition) is 1. The molecule has 0 bridgehead atoms. The predicted molar refractivity (Wildman–Crippen MR) is 63.1 cm³/mol. The number of carbonyl (C=O) groups is 1. The molecule has 0 aromatic carbocycles. The van der Waals surface area contributed by atoms with E-state index in [4.69, 9.17) is 4.74 Å². The van der Waals surface area contributed by atoms with Crippen LogP contribution in [-0.2, 0) is 9.53 Å². The van der Waals surface area contributed by atoms with Gasteiger partial charge in [-0.25, -0.2) is 0 Å². The van der Waals surface area contributed by atoms with Gasteiger partial charge in [0.25, 0.3) is 0 Å². The molecular formula is C13H23NO2. The minimum absolute atomic E-state index is 0.145. The summed E-state index contributed by atoms with van der Waals surface area (Å²) in [5, 5.41) is 3.41. The summed E-state index contributed by atoms with van der Waals surface area (Å²) in [6.45, 7) is 1.90. The van der Waals surface area contributed by atoms with Crippen LogP contribution in [0.4, 0.5) is 0 Å². The van der Waals surface area contributed by atoms with Gasteiger partial charge in [-0.05, 0) is 44.4 Å². The number of hydrogen-bond acceptors (Lipinski definition) is 3. The Morgan fingerprint density at radius 3 is 2.62 bits per heavy atom. The monoisotopic (exact) mass is 225 g/mol. The lowest BCUT2D eigenvalue weighted by molar-refractivity contribution is -0.142. The third-order valence-electron chi connectivity index (χ3n) is 4.04. The van der Waals surface area contributed by atoms with Crippen molar-refractivity contribution in [3.8, 4) is 0 Å². The van der Waals surface area contributed by atoms with E-state index in [2.05, 4.69) is 5.32 Å². The first-order chi connectivity index (χ1) is 7.70. The summed E-state index contributed by atoms with van der Waals surface area (Å²) in [5.41, 5.74) is 0. The van der Waals surface area contributed by atoms with E-state index in [1.165, 1.54) is 45.6 Å². The van der Waals surface area contributed by atoms with E-state index < -0.39 is 0 Å². The number of rotatable bonds is 4. The van der Waals surface area contributed by atoms with E-state index in [1.807, 2.05) is 6.92 Å². The molecule has 3 atom stereocenters. The second kappa shape index (κ2) is 5.17. The molecule has 0 heterocycles. The minimum Gasteiger partial charge on any atom is -0.468 e. The standard InChI is InChI=1S/C13H23NO2/c1-9(13(15)16-2)14-12-5-3-4-11(8-12)10-6-7-10/h9-12,14H,3-8H2,1-2H3/t9-,11?,12?/m0/s1. The van der Waals surface area contributed by atoms with Gasteiger partial charge in [0.2, 0.25) is 0 Å². The van der Waals surface area contributed by atoms with Crippen LogP contribution in [-0.4, -0.2) is 25.2 Å². The van der Waals surface area contributed by atoms with E-state index >= 15 is 0 Å². The van der Waals surface area contributed by atoms with Crippen LogP contribution in [0.2, 0.25) is 0 Å². The van der Waals surface area contributed by atoms with Gasteiger partial charge in [0.05, 0.1) is 7.11 Å². The van der Waals surface area contributed by atoms with Crippen LogP contribution >= 0.6 is 0 Å². The lowest BCUT2D eigenvalue weighted by atomic mass is 9.82. The van der Waals surface area contributed by atoms with Crippen LogP contribution in [0.25, 0.3) is 0 Å². The molecule has 2 rings (SSSR count). The fraction of sp³-hybridized carbons (Fsp3) is 0.923. The van der Waals surface area contributed by atoms with Gasteiger partial charge in [0, 0.05) is 6.04 Å². The summed E-state index contributed by atoms with van der Waals surface area (Å²) >= 11 is 0. The van der Waals surface area contributed by atoms with Crippen LogP contribution < -0.4 is 5.32 Å². The van der Waals surface area contributed by atoms with Gasteiger partial charge in [0.1, 0.15) is 6.04 Å². The molecule has 0 spiro atoms. The summed E-state index contributed by atoms with van der Waals surface area (Å²) in [4.78, 5) is 11.3. The van der Waals surface area contributed by atoms with Gasteiger partial charge in [-0.1, -0.05) is 12.8 Å². The molecule has 3 heteroatoms. The zero-order chi connectivity index (χ0) is 11.5. The highest BCUT2D eigenvalue weighted by Crippen LogP contribution is 2.43. The van der Waals surface area contributed by atoms with Crippen molar-refractivity contribution >= 4 is 5.97 Å². The number of esters is 1. The van der Waals surface area contributed by atoms with E-state index in [0.29, 0.717) is 6.04 Å². The molecule has 2 fully saturated rings. The van der Waals surface area contributed by atoms with Crippen LogP contribution in [0.1, 0.15) is 45.4 Å². The second-order valence-electron chi connectivity index (χ2n) is 5.37. The summed E-state index contributed by atoms with van der Waals surface area (Å²) in [6, 6.07) is 0.362. The Labute approximate surface area is 97.9 Å². The topological polar surface area (TPSA) is 38.3 Å². The first kappa shape index (κ1) is 11.9. The smallest absolute Gasteiger partial charge is 0.322 e. The van der Waals surface area contributed by atoms with Crippen molar-refractivity contribution in [3.05, 3.63) is 0 Å². The van der Waals surface area contributed by atoms with E-state index in [1.54, 1.807) is 0 Å². The zero-order valence-corrected chi connectivity index (χ0v) is 10.4. The van der Waals surface area contributed by atoms with Crippen molar-refractivity contribution < 1.29 is 9.53 Å². The summed E-state index contributed by atoms with van der Waals surface area (Å²) < 4.78 is 4.74. The molecule has 0 aromatic heterocycles. The van der Waals surface area contributed by atoms with Crippen molar-refractivity contribution in [1.82, 2.24) is 5.32 Å². The molecule has 0 aliphatic heterocycles. The van der Waals surface area contributed by atoms with Gasteiger partial charge >= 0.3 is 5.97 Å². The Hall–Kier alpha value is -0.570. The Balaban J connectivity index is 1.77. The molecule has 16 heavy (non-hydrogen) atoms. The van der Waals surface area contributed by atoms with Crippen LogP contribution in [0, 0.1) is 11.8 Å².